The summed E-state index contributed by atoms with van der Waals surface area (Å²) in [5, 5.41) is 12.2. The normalized spacial score (nSPS) is 10.7. The van der Waals surface area contributed by atoms with Crippen molar-refractivity contribution in [1.29, 1.82) is 0 Å². The third kappa shape index (κ3) is 5.06. The molecule has 35 heavy (non-hydrogen) atoms. The summed E-state index contributed by atoms with van der Waals surface area (Å²) in [4.78, 5) is 24.6. The van der Waals surface area contributed by atoms with Crippen molar-refractivity contribution in [2.45, 2.75) is 13.5 Å². The second kappa shape index (κ2) is 9.80. The van der Waals surface area contributed by atoms with Crippen LogP contribution < -0.4 is 10.1 Å². The molecule has 2 N–H and O–H groups in total. The van der Waals surface area contributed by atoms with E-state index in [9.17, 15) is 23.5 Å². The molecule has 4 aromatic rings. The van der Waals surface area contributed by atoms with Crippen LogP contribution in [0.25, 0.3) is 11.3 Å². The third-order valence-electron chi connectivity index (χ3n) is 5.71. The second-order valence-corrected chi connectivity index (χ2v) is 7.96. The van der Waals surface area contributed by atoms with E-state index < -0.39 is 29.1 Å². The highest BCUT2D eigenvalue weighted by molar-refractivity contribution is 6.06. The van der Waals surface area contributed by atoms with Gasteiger partial charge in [0, 0.05) is 29.7 Å². The van der Waals surface area contributed by atoms with Gasteiger partial charge in [0.2, 0.25) is 0 Å². The van der Waals surface area contributed by atoms with E-state index in [-0.39, 0.29) is 16.8 Å². The van der Waals surface area contributed by atoms with Crippen LogP contribution in [-0.4, -0.2) is 21.6 Å². The molecule has 0 radical (unpaired) electrons. The van der Waals surface area contributed by atoms with Crippen LogP contribution in [0.4, 0.5) is 14.5 Å². The van der Waals surface area contributed by atoms with Crippen molar-refractivity contribution in [3.05, 3.63) is 107 Å². The Morgan fingerprint density at radius 3 is 2.26 bits per heavy atom. The van der Waals surface area contributed by atoms with E-state index in [0.717, 1.165) is 11.6 Å². The SMILES string of the molecule is Cc1c(C(=O)Nc2ccc(OCc3ccccc3)cc2)cc(-c2cc(F)c(F)cc2C(=O)O)n1C. The Labute approximate surface area is 200 Å². The number of rotatable bonds is 7. The van der Waals surface area contributed by atoms with Gasteiger partial charge in [0.25, 0.3) is 5.91 Å². The van der Waals surface area contributed by atoms with E-state index in [1.54, 1.807) is 42.8 Å². The van der Waals surface area contributed by atoms with Crippen molar-refractivity contribution in [2.75, 3.05) is 5.32 Å². The standard InChI is InChI=1S/C27H22F2N2O4/c1-16-20(14-25(31(16)2)21-12-23(28)24(29)13-22(21)27(33)34)26(32)30-18-8-10-19(11-9-18)35-15-17-6-4-3-5-7-17/h3-14H,15H2,1-2H3,(H,30,32)(H,33,34). The zero-order chi connectivity index (χ0) is 25.1. The molecule has 0 saturated heterocycles. The Kier molecular flexibility index (Phi) is 6.64. The molecule has 0 unspecified atom stereocenters. The smallest absolute Gasteiger partial charge is 0.336 e. The average molecular weight is 476 g/mol. The minimum Gasteiger partial charge on any atom is -0.489 e. The zero-order valence-corrected chi connectivity index (χ0v) is 19.0. The second-order valence-electron chi connectivity index (χ2n) is 7.96. The third-order valence-corrected chi connectivity index (χ3v) is 5.71. The summed E-state index contributed by atoms with van der Waals surface area (Å²) < 4.78 is 34.9. The number of carbonyl (C=O) groups is 2. The lowest BCUT2D eigenvalue weighted by Gasteiger charge is -2.09. The highest BCUT2D eigenvalue weighted by Gasteiger charge is 2.22. The summed E-state index contributed by atoms with van der Waals surface area (Å²) in [6.45, 7) is 2.10. The minimum atomic E-state index is -1.40. The summed E-state index contributed by atoms with van der Waals surface area (Å²) in [6, 6.07) is 19.5. The van der Waals surface area contributed by atoms with Crippen LogP contribution >= 0.6 is 0 Å². The maximum absolute atomic E-state index is 13.9. The first-order valence-corrected chi connectivity index (χ1v) is 10.7. The Morgan fingerprint density at radius 2 is 1.60 bits per heavy atom. The number of ether oxygens (including phenoxy) is 1. The van der Waals surface area contributed by atoms with Crippen LogP contribution in [0.1, 0.15) is 32.0 Å². The van der Waals surface area contributed by atoms with Gasteiger partial charge in [0.15, 0.2) is 11.6 Å². The number of benzene rings is 3. The molecule has 0 atom stereocenters. The van der Waals surface area contributed by atoms with Gasteiger partial charge in [-0.15, -0.1) is 0 Å². The van der Waals surface area contributed by atoms with Crippen LogP contribution in [0, 0.1) is 18.6 Å². The number of carboxylic acid groups (broad SMARTS) is 1. The van der Waals surface area contributed by atoms with Gasteiger partial charge in [0.05, 0.1) is 11.1 Å². The number of carboxylic acids is 1. The lowest BCUT2D eigenvalue weighted by molar-refractivity contribution is 0.0696. The van der Waals surface area contributed by atoms with E-state index in [4.69, 9.17) is 4.74 Å². The van der Waals surface area contributed by atoms with Gasteiger partial charge in [0.1, 0.15) is 12.4 Å². The quantitative estimate of drug-likeness (QED) is 0.353. The Balaban J connectivity index is 1.53. The number of halogens is 2. The fraction of sp³-hybridized carbons (Fsp3) is 0.111. The van der Waals surface area contributed by atoms with Gasteiger partial charge in [-0.25, -0.2) is 13.6 Å². The first-order chi connectivity index (χ1) is 16.7. The Bertz CT molecular complexity index is 1400. The topological polar surface area (TPSA) is 80.6 Å². The molecule has 0 aliphatic carbocycles. The molecule has 3 aromatic carbocycles. The zero-order valence-electron chi connectivity index (χ0n) is 19.0. The van der Waals surface area contributed by atoms with Crippen LogP contribution in [0.3, 0.4) is 0 Å². The van der Waals surface area contributed by atoms with Gasteiger partial charge in [-0.3, -0.25) is 4.79 Å². The molecule has 0 fully saturated rings. The molecule has 6 nitrogen and oxygen atoms in total. The van der Waals surface area contributed by atoms with Crippen molar-refractivity contribution in [1.82, 2.24) is 4.57 Å². The van der Waals surface area contributed by atoms with Gasteiger partial charge < -0.3 is 19.7 Å². The van der Waals surface area contributed by atoms with E-state index in [1.807, 2.05) is 30.3 Å². The van der Waals surface area contributed by atoms with E-state index >= 15 is 0 Å². The van der Waals surface area contributed by atoms with E-state index in [2.05, 4.69) is 5.32 Å². The molecule has 178 valence electrons. The molecule has 0 aliphatic heterocycles. The number of nitrogens with zero attached hydrogens (tertiary/aromatic N) is 1. The highest BCUT2D eigenvalue weighted by atomic mass is 19.2. The molecule has 1 aromatic heterocycles. The fourth-order valence-electron chi connectivity index (χ4n) is 3.70. The Morgan fingerprint density at radius 1 is 0.943 bits per heavy atom. The van der Waals surface area contributed by atoms with Gasteiger partial charge in [-0.05, 0) is 55.0 Å². The van der Waals surface area contributed by atoms with Crippen molar-refractivity contribution in [3.63, 3.8) is 0 Å². The van der Waals surface area contributed by atoms with Crippen molar-refractivity contribution in [3.8, 4) is 17.0 Å². The first kappa shape index (κ1) is 23.7. The number of aromatic carboxylic acids is 1. The van der Waals surface area contributed by atoms with Crippen LogP contribution in [0.5, 0.6) is 5.75 Å². The maximum Gasteiger partial charge on any atom is 0.336 e. The predicted molar refractivity (Wildman–Crippen MR) is 128 cm³/mol. The summed E-state index contributed by atoms with van der Waals surface area (Å²) in [7, 11) is 1.62. The molecule has 1 heterocycles. The monoisotopic (exact) mass is 476 g/mol. The van der Waals surface area contributed by atoms with Crippen LogP contribution in [-0.2, 0) is 13.7 Å². The summed E-state index contributed by atoms with van der Waals surface area (Å²) in [5.74, 6) is -3.62. The summed E-state index contributed by atoms with van der Waals surface area (Å²) in [6.07, 6.45) is 0. The molecule has 4 rings (SSSR count). The molecule has 0 aliphatic rings. The molecule has 0 bridgehead atoms. The predicted octanol–water partition coefficient (Wildman–Crippen LogP) is 5.81. The highest BCUT2D eigenvalue weighted by Crippen LogP contribution is 2.30. The number of amides is 1. The number of hydrogen-bond acceptors (Lipinski definition) is 3. The fourth-order valence-corrected chi connectivity index (χ4v) is 3.70. The van der Waals surface area contributed by atoms with Gasteiger partial charge in [-0.2, -0.15) is 0 Å². The summed E-state index contributed by atoms with van der Waals surface area (Å²) >= 11 is 0. The van der Waals surface area contributed by atoms with Crippen molar-refractivity contribution >= 4 is 17.6 Å². The number of hydrogen-bond donors (Lipinski definition) is 2. The largest absolute Gasteiger partial charge is 0.489 e. The lowest BCUT2D eigenvalue weighted by Crippen LogP contribution is -2.12. The van der Waals surface area contributed by atoms with E-state index in [0.29, 0.717) is 29.8 Å². The average Bonchev–Trinajstić information content (AvgIpc) is 3.15. The Hall–Kier alpha value is -4.46. The van der Waals surface area contributed by atoms with Gasteiger partial charge in [-0.1, -0.05) is 30.3 Å². The molecule has 8 heteroatoms. The van der Waals surface area contributed by atoms with Gasteiger partial charge >= 0.3 is 5.97 Å². The maximum atomic E-state index is 13.9. The molecular formula is C27H22F2N2O4. The molecule has 1 amide bonds. The van der Waals surface area contributed by atoms with Crippen LogP contribution in [0.15, 0.2) is 72.8 Å². The first-order valence-electron chi connectivity index (χ1n) is 10.7. The number of aromatic nitrogens is 1. The number of nitrogens with one attached hydrogen (secondary N) is 1. The minimum absolute atomic E-state index is 0.0269. The molecule has 0 spiro atoms. The van der Waals surface area contributed by atoms with Crippen molar-refractivity contribution < 1.29 is 28.2 Å². The van der Waals surface area contributed by atoms with E-state index in [1.165, 1.54) is 6.07 Å². The lowest BCUT2D eigenvalue weighted by atomic mass is 10.0. The molecular weight excluding hydrogens is 454 g/mol. The van der Waals surface area contributed by atoms with Crippen LogP contribution in [0.2, 0.25) is 0 Å². The number of anilines is 1. The number of carbonyl (C=O) groups excluding carboxylic acids is 1. The van der Waals surface area contributed by atoms with Crippen molar-refractivity contribution in [2.24, 2.45) is 7.05 Å². The molecule has 0 saturated carbocycles. The summed E-state index contributed by atoms with van der Waals surface area (Å²) in [5.41, 5.74) is 2.21.